The van der Waals surface area contributed by atoms with Crippen molar-refractivity contribution in [2.24, 2.45) is 0 Å². The van der Waals surface area contributed by atoms with Crippen molar-refractivity contribution in [3.8, 4) is 0 Å². The zero-order chi connectivity index (χ0) is 14.8. The Balaban J connectivity index is 2.44. The number of rotatable bonds is 5. The number of carbonyl (C=O) groups excluding carboxylic acids is 1. The van der Waals surface area contributed by atoms with Gasteiger partial charge < -0.3 is 9.84 Å². The number of aliphatic hydroxyl groups is 1. The smallest absolute Gasteiger partial charge is 0.334 e. The predicted molar refractivity (Wildman–Crippen MR) is 82.0 cm³/mol. The van der Waals surface area contributed by atoms with Crippen molar-refractivity contribution in [3.05, 3.63) is 46.7 Å². The minimum absolute atomic E-state index is 0.103. The zero-order valence-corrected chi connectivity index (χ0v) is 13.3. The lowest BCUT2D eigenvalue weighted by Gasteiger charge is -2.24. The van der Waals surface area contributed by atoms with Gasteiger partial charge in [0.25, 0.3) is 0 Å². The first kappa shape index (κ1) is 15.0. The number of aliphatic hydroxyl groups excluding tert-OH is 1. The lowest BCUT2D eigenvalue weighted by molar-refractivity contribution is -0.140. The van der Waals surface area contributed by atoms with E-state index in [0.717, 1.165) is 11.1 Å². The van der Waals surface area contributed by atoms with Crippen LogP contribution in [0.25, 0.3) is 0 Å². The Morgan fingerprint density at radius 2 is 1.85 bits per heavy atom. The largest absolute Gasteiger partial charge is 0.450 e. The molecule has 2 rings (SSSR count). The Kier molecular flexibility index (Phi) is 4.45. The molecule has 1 atom stereocenters. The highest BCUT2D eigenvalue weighted by atomic mass is 28.3. The SMILES string of the molecule is C[Si](C)(C)C1=C(CCCO)C(=O)OC1c1ccccc1. The maximum absolute atomic E-state index is 12.2. The number of benzene rings is 1. The summed E-state index contributed by atoms with van der Waals surface area (Å²) >= 11 is 0. The highest BCUT2D eigenvalue weighted by Crippen LogP contribution is 2.41. The Morgan fingerprint density at radius 1 is 1.20 bits per heavy atom. The van der Waals surface area contributed by atoms with Crippen molar-refractivity contribution in [2.75, 3.05) is 6.61 Å². The Bertz CT molecular complexity index is 514. The Labute approximate surface area is 121 Å². The van der Waals surface area contributed by atoms with Gasteiger partial charge in [-0.05, 0) is 23.6 Å². The van der Waals surface area contributed by atoms with E-state index < -0.39 is 8.07 Å². The summed E-state index contributed by atoms with van der Waals surface area (Å²) < 4.78 is 5.64. The number of cyclic esters (lactones) is 1. The number of esters is 1. The molecule has 1 heterocycles. The Morgan fingerprint density at radius 3 is 2.40 bits per heavy atom. The second-order valence-corrected chi connectivity index (χ2v) is 11.2. The highest BCUT2D eigenvalue weighted by Gasteiger charge is 2.40. The number of hydrogen-bond donors (Lipinski definition) is 1. The molecule has 0 bridgehead atoms. The Hall–Kier alpha value is -1.39. The van der Waals surface area contributed by atoms with E-state index in [-0.39, 0.29) is 18.7 Å². The van der Waals surface area contributed by atoms with E-state index >= 15 is 0 Å². The first-order valence-corrected chi connectivity index (χ1v) is 10.6. The zero-order valence-electron chi connectivity index (χ0n) is 12.3. The van der Waals surface area contributed by atoms with Gasteiger partial charge in [-0.15, -0.1) is 0 Å². The lowest BCUT2D eigenvalue weighted by atomic mass is 10.1. The number of ether oxygens (including phenoxy) is 1. The fraction of sp³-hybridized carbons (Fsp3) is 0.438. The van der Waals surface area contributed by atoms with Crippen LogP contribution >= 0.6 is 0 Å². The molecule has 1 aliphatic rings. The number of hydrogen-bond acceptors (Lipinski definition) is 3. The van der Waals surface area contributed by atoms with Crippen LogP contribution in [0.3, 0.4) is 0 Å². The van der Waals surface area contributed by atoms with Crippen molar-refractivity contribution in [2.45, 2.75) is 38.6 Å². The molecule has 1 N–H and O–H groups in total. The fourth-order valence-corrected chi connectivity index (χ4v) is 4.85. The van der Waals surface area contributed by atoms with E-state index in [0.29, 0.717) is 12.8 Å². The molecule has 1 aliphatic heterocycles. The van der Waals surface area contributed by atoms with Crippen molar-refractivity contribution in [1.29, 1.82) is 0 Å². The molecule has 0 saturated carbocycles. The lowest BCUT2D eigenvalue weighted by Crippen LogP contribution is -2.28. The van der Waals surface area contributed by atoms with E-state index in [4.69, 9.17) is 9.84 Å². The third-order valence-corrected chi connectivity index (χ3v) is 5.73. The van der Waals surface area contributed by atoms with E-state index in [1.54, 1.807) is 0 Å². The van der Waals surface area contributed by atoms with E-state index in [1.807, 2.05) is 30.3 Å². The standard InChI is InChI=1S/C16H22O3Si/c1-20(2,3)15-13(10-7-11-17)16(18)19-14(15)12-8-5-4-6-9-12/h4-6,8-9,14,17H,7,10-11H2,1-3H3. The molecule has 0 saturated heterocycles. The molecule has 0 fully saturated rings. The van der Waals surface area contributed by atoms with Crippen LogP contribution < -0.4 is 0 Å². The molecule has 4 heteroatoms. The van der Waals surface area contributed by atoms with Crippen LogP contribution in [-0.4, -0.2) is 25.8 Å². The second-order valence-electron chi connectivity index (χ2n) is 6.17. The van der Waals surface area contributed by atoms with Gasteiger partial charge in [0.15, 0.2) is 0 Å². The van der Waals surface area contributed by atoms with Gasteiger partial charge >= 0.3 is 5.97 Å². The summed E-state index contributed by atoms with van der Waals surface area (Å²) in [6.45, 7) is 6.81. The number of carbonyl (C=O) groups is 1. The van der Waals surface area contributed by atoms with Crippen molar-refractivity contribution >= 4 is 14.0 Å². The van der Waals surface area contributed by atoms with Crippen LogP contribution in [-0.2, 0) is 9.53 Å². The van der Waals surface area contributed by atoms with Gasteiger partial charge in [-0.1, -0.05) is 50.0 Å². The van der Waals surface area contributed by atoms with Crippen LogP contribution in [0.4, 0.5) is 0 Å². The first-order valence-electron chi connectivity index (χ1n) is 7.05. The normalized spacial score (nSPS) is 19.4. The monoisotopic (exact) mass is 290 g/mol. The van der Waals surface area contributed by atoms with Crippen LogP contribution in [0.15, 0.2) is 41.1 Å². The topological polar surface area (TPSA) is 46.5 Å². The molecule has 0 spiro atoms. The van der Waals surface area contributed by atoms with Crippen LogP contribution in [0.1, 0.15) is 24.5 Å². The highest BCUT2D eigenvalue weighted by molar-refractivity contribution is 6.83. The van der Waals surface area contributed by atoms with Gasteiger partial charge in [-0.3, -0.25) is 0 Å². The average Bonchev–Trinajstić information content (AvgIpc) is 2.74. The van der Waals surface area contributed by atoms with Gasteiger partial charge in [0, 0.05) is 12.2 Å². The van der Waals surface area contributed by atoms with Crippen LogP contribution in [0, 0.1) is 0 Å². The summed E-state index contributed by atoms with van der Waals surface area (Å²) in [5, 5.41) is 10.2. The maximum Gasteiger partial charge on any atom is 0.334 e. The summed E-state index contributed by atoms with van der Waals surface area (Å²) in [4.78, 5) is 12.2. The quantitative estimate of drug-likeness (QED) is 0.669. The summed E-state index contributed by atoms with van der Waals surface area (Å²) in [6, 6.07) is 9.92. The van der Waals surface area contributed by atoms with Gasteiger partial charge in [0.2, 0.25) is 0 Å². The minimum Gasteiger partial charge on any atom is -0.450 e. The van der Waals surface area contributed by atoms with E-state index in [1.165, 1.54) is 5.20 Å². The molecule has 1 aromatic rings. The molecule has 1 aromatic carbocycles. The van der Waals surface area contributed by atoms with Gasteiger partial charge in [0.05, 0.1) is 8.07 Å². The van der Waals surface area contributed by atoms with Crippen LogP contribution in [0.2, 0.25) is 19.6 Å². The first-order chi connectivity index (χ1) is 9.45. The van der Waals surface area contributed by atoms with Gasteiger partial charge in [-0.2, -0.15) is 0 Å². The van der Waals surface area contributed by atoms with Gasteiger partial charge in [-0.25, -0.2) is 4.79 Å². The molecular formula is C16H22O3Si. The summed E-state index contributed by atoms with van der Waals surface area (Å²) in [5.74, 6) is -0.204. The molecule has 0 radical (unpaired) electrons. The molecule has 3 nitrogen and oxygen atoms in total. The maximum atomic E-state index is 12.2. The second kappa shape index (κ2) is 5.93. The molecule has 0 amide bonds. The molecule has 0 aromatic heterocycles. The third kappa shape index (κ3) is 3.02. The third-order valence-electron chi connectivity index (χ3n) is 3.55. The fourth-order valence-electron chi connectivity index (χ4n) is 2.71. The molecule has 20 heavy (non-hydrogen) atoms. The van der Waals surface area contributed by atoms with E-state index in [2.05, 4.69) is 19.6 Å². The van der Waals surface area contributed by atoms with Gasteiger partial charge in [0.1, 0.15) is 6.10 Å². The average molecular weight is 290 g/mol. The summed E-state index contributed by atoms with van der Waals surface area (Å²) in [5.41, 5.74) is 1.84. The minimum atomic E-state index is -1.67. The summed E-state index contributed by atoms with van der Waals surface area (Å²) in [7, 11) is -1.67. The van der Waals surface area contributed by atoms with E-state index in [9.17, 15) is 4.79 Å². The predicted octanol–water partition coefficient (Wildman–Crippen LogP) is 3.23. The molecular weight excluding hydrogens is 268 g/mol. The summed E-state index contributed by atoms with van der Waals surface area (Å²) in [6.07, 6.45) is 0.988. The van der Waals surface area contributed by atoms with Crippen molar-refractivity contribution in [1.82, 2.24) is 0 Å². The molecule has 108 valence electrons. The molecule has 1 unspecified atom stereocenters. The van der Waals surface area contributed by atoms with Crippen LogP contribution in [0.5, 0.6) is 0 Å². The van der Waals surface area contributed by atoms with Crippen molar-refractivity contribution < 1.29 is 14.6 Å². The molecule has 0 aliphatic carbocycles. The van der Waals surface area contributed by atoms with Crippen molar-refractivity contribution in [3.63, 3.8) is 0 Å².